The van der Waals surface area contributed by atoms with E-state index < -0.39 is 12.0 Å². The Bertz CT molecular complexity index is 698. The number of carbonyl (C=O) groups excluding carboxylic acids is 4. The monoisotopic (exact) mass is 370 g/mol. The van der Waals surface area contributed by atoms with Crippen molar-refractivity contribution in [3.63, 3.8) is 0 Å². The van der Waals surface area contributed by atoms with E-state index in [0.29, 0.717) is 25.7 Å². The molecule has 0 spiro atoms. The third-order valence-corrected chi connectivity index (χ3v) is 4.88. The Hall–Kier alpha value is -2.76. The predicted molar refractivity (Wildman–Crippen MR) is 97.4 cm³/mol. The number of nitrogens with one attached hydrogen (secondary N) is 1. The number of aliphatic carboxylic acids is 1. The van der Waals surface area contributed by atoms with Crippen molar-refractivity contribution in [1.82, 2.24) is 5.32 Å². The van der Waals surface area contributed by atoms with Crippen LogP contribution in [0.4, 0.5) is 0 Å². The average Bonchev–Trinajstić information content (AvgIpc) is 2.98. The van der Waals surface area contributed by atoms with E-state index in [-0.39, 0.29) is 36.4 Å². The van der Waals surface area contributed by atoms with Gasteiger partial charge in [0.25, 0.3) is 0 Å². The highest BCUT2D eigenvalue weighted by atomic mass is 16.4. The van der Waals surface area contributed by atoms with Crippen LogP contribution in [-0.2, 0) is 25.6 Å². The van der Waals surface area contributed by atoms with E-state index in [2.05, 4.69) is 5.32 Å². The van der Waals surface area contributed by atoms with E-state index in [1.807, 2.05) is 6.07 Å². The normalized spacial score (nSPS) is 20.5. The van der Waals surface area contributed by atoms with Crippen molar-refractivity contribution in [3.05, 3.63) is 48.0 Å². The molecule has 2 rings (SSSR count). The summed E-state index contributed by atoms with van der Waals surface area (Å²) in [5, 5.41) is 13.9. The Morgan fingerprint density at radius 1 is 1.22 bits per heavy atom. The van der Waals surface area contributed by atoms with Crippen LogP contribution in [0.2, 0.25) is 0 Å². The minimum atomic E-state index is -1.33. The number of ketones is 1. The zero-order valence-electron chi connectivity index (χ0n) is 15.1. The van der Waals surface area contributed by atoms with E-state index in [0.717, 1.165) is 11.8 Å². The van der Waals surface area contributed by atoms with Crippen LogP contribution in [0.5, 0.6) is 0 Å². The highest BCUT2D eigenvalue weighted by molar-refractivity contribution is 5.86. The number of carboxylic acid groups (broad SMARTS) is 1. The van der Waals surface area contributed by atoms with Gasteiger partial charge in [0.05, 0.1) is 12.0 Å². The average molecular weight is 370 g/mol. The third kappa shape index (κ3) is 6.47. The Balaban J connectivity index is 1.92. The summed E-state index contributed by atoms with van der Waals surface area (Å²) in [4.78, 5) is 46.1. The molecule has 1 saturated carbocycles. The zero-order valence-corrected chi connectivity index (χ0v) is 15.1. The Kier molecular flexibility index (Phi) is 7.92. The SMILES string of the molecule is O=CC/C=C\C[C@@H]1C(=O)CC[C@@H]1CC(=O)N[C@@H](Cc1ccccc1)C(=O)[O-]. The van der Waals surface area contributed by atoms with E-state index in [1.54, 1.807) is 36.4 Å². The molecule has 0 aliphatic heterocycles. The fourth-order valence-corrected chi connectivity index (χ4v) is 3.47. The van der Waals surface area contributed by atoms with Crippen molar-refractivity contribution in [1.29, 1.82) is 0 Å². The molecule has 6 nitrogen and oxygen atoms in total. The van der Waals surface area contributed by atoms with Crippen LogP contribution in [-0.4, -0.2) is 30.0 Å². The van der Waals surface area contributed by atoms with Crippen molar-refractivity contribution < 1.29 is 24.3 Å². The molecule has 1 aliphatic carbocycles. The molecule has 0 radical (unpaired) electrons. The molecule has 6 heteroatoms. The van der Waals surface area contributed by atoms with Gasteiger partial charge in [-0.25, -0.2) is 0 Å². The number of carboxylic acids is 1. The van der Waals surface area contributed by atoms with Crippen molar-refractivity contribution >= 4 is 23.9 Å². The van der Waals surface area contributed by atoms with E-state index in [4.69, 9.17) is 0 Å². The van der Waals surface area contributed by atoms with Crippen LogP contribution in [0.3, 0.4) is 0 Å². The van der Waals surface area contributed by atoms with E-state index in [9.17, 15) is 24.3 Å². The number of aldehydes is 1. The summed E-state index contributed by atoms with van der Waals surface area (Å²) in [6.07, 6.45) is 6.40. The number of amides is 1. The summed E-state index contributed by atoms with van der Waals surface area (Å²) in [7, 11) is 0. The molecule has 1 fully saturated rings. The van der Waals surface area contributed by atoms with Crippen LogP contribution in [0, 0.1) is 11.8 Å². The van der Waals surface area contributed by atoms with Gasteiger partial charge in [-0.15, -0.1) is 0 Å². The van der Waals surface area contributed by atoms with Crippen molar-refractivity contribution in [2.75, 3.05) is 0 Å². The lowest BCUT2D eigenvalue weighted by molar-refractivity contribution is -0.308. The lowest BCUT2D eigenvalue weighted by atomic mass is 9.89. The molecule has 0 heterocycles. The van der Waals surface area contributed by atoms with Crippen LogP contribution < -0.4 is 10.4 Å². The van der Waals surface area contributed by atoms with Gasteiger partial charge in [-0.1, -0.05) is 42.5 Å². The maximum atomic E-state index is 12.4. The number of benzene rings is 1. The molecule has 1 aliphatic rings. The molecule has 1 aromatic rings. The summed E-state index contributed by atoms with van der Waals surface area (Å²) < 4.78 is 0. The second kappa shape index (κ2) is 10.4. The van der Waals surface area contributed by atoms with Gasteiger partial charge < -0.3 is 20.0 Å². The maximum Gasteiger partial charge on any atom is 0.220 e. The van der Waals surface area contributed by atoms with Gasteiger partial charge in [0, 0.05) is 25.2 Å². The van der Waals surface area contributed by atoms with Gasteiger partial charge in [-0.2, -0.15) is 0 Å². The largest absolute Gasteiger partial charge is 0.548 e. The fourth-order valence-electron chi connectivity index (χ4n) is 3.47. The number of allylic oxidation sites excluding steroid dienone is 2. The van der Waals surface area contributed by atoms with Gasteiger partial charge >= 0.3 is 0 Å². The van der Waals surface area contributed by atoms with E-state index in [1.165, 1.54) is 0 Å². The molecule has 0 saturated heterocycles. The lowest BCUT2D eigenvalue weighted by Crippen LogP contribution is -2.49. The molecule has 3 atom stereocenters. The number of hydrogen-bond donors (Lipinski definition) is 1. The minimum absolute atomic E-state index is 0.108. The van der Waals surface area contributed by atoms with Gasteiger partial charge in [0.1, 0.15) is 12.1 Å². The first-order chi connectivity index (χ1) is 13.0. The second-order valence-electron chi connectivity index (χ2n) is 6.81. The van der Waals surface area contributed by atoms with Crippen LogP contribution >= 0.6 is 0 Å². The molecule has 1 amide bonds. The molecule has 0 unspecified atom stereocenters. The van der Waals surface area contributed by atoms with Gasteiger partial charge in [0.15, 0.2) is 0 Å². The fraction of sp³-hybridized carbons (Fsp3) is 0.429. The number of hydrogen-bond acceptors (Lipinski definition) is 5. The third-order valence-electron chi connectivity index (χ3n) is 4.88. The first-order valence-electron chi connectivity index (χ1n) is 9.16. The number of rotatable bonds is 10. The van der Waals surface area contributed by atoms with Gasteiger partial charge in [-0.05, 0) is 30.7 Å². The zero-order chi connectivity index (χ0) is 19.6. The number of carbonyl (C=O) groups is 4. The summed E-state index contributed by atoms with van der Waals surface area (Å²) >= 11 is 0. The smallest absolute Gasteiger partial charge is 0.220 e. The summed E-state index contributed by atoms with van der Waals surface area (Å²) in [5.74, 6) is -1.97. The molecule has 1 aromatic carbocycles. The topological polar surface area (TPSA) is 103 Å². The number of Topliss-reactive ketones (excluding diaryl/α,β-unsaturated/α-hetero) is 1. The summed E-state index contributed by atoms with van der Waals surface area (Å²) in [6, 6.07) is 7.91. The molecule has 144 valence electrons. The first kappa shape index (κ1) is 20.6. The second-order valence-corrected chi connectivity index (χ2v) is 6.81. The van der Waals surface area contributed by atoms with Crippen molar-refractivity contribution in [2.24, 2.45) is 11.8 Å². The van der Waals surface area contributed by atoms with Crippen LogP contribution in [0.25, 0.3) is 0 Å². The Morgan fingerprint density at radius 2 is 1.96 bits per heavy atom. The summed E-state index contributed by atoms with van der Waals surface area (Å²) in [6.45, 7) is 0. The molecular formula is C21H24NO5-. The van der Waals surface area contributed by atoms with Gasteiger partial charge in [-0.3, -0.25) is 9.59 Å². The maximum absolute atomic E-state index is 12.4. The van der Waals surface area contributed by atoms with Gasteiger partial charge in [0.2, 0.25) is 5.91 Å². The summed E-state index contributed by atoms with van der Waals surface area (Å²) in [5.41, 5.74) is 0.793. The Morgan fingerprint density at radius 3 is 2.63 bits per heavy atom. The standard InChI is InChI=1S/C21H25NO5/c23-12-6-2-5-9-17-16(10-11-19(17)24)14-20(25)22-18(21(26)27)13-15-7-3-1-4-8-15/h1-5,7-8,12,16-18H,6,9-11,13-14H2,(H,22,25)(H,26,27)/p-1/b5-2-/t16-,17+,18+/m1/s1. The van der Waals surface area contributed by atoms with Crippen molar-refractivity contribution in [2.45, 2.75) is 44.6 Å². The molecule has 0 bridgehead atoms. The highest BCUT2D eigenvalue weighted by Crippen LogP contribution is 2.34. The molecule has 0 aromatic heterocycles. The minimum Gasteiger partial charge on any atom is -0.548 e. The lowest BCUT2D eigenvalue weighted by Gasteiger charge is -2.22. The molecule has 1 N–H and O–H groups in total. The predicted octanol–water partition coefficient (Wildman–Crippen LogP) is 0.984. The molecule has 27 heavy (non-hydrogen) atoms. The molecular weight excluding hydrogens is 346 g/mol. The Labute approximate surface area is 158 Å². The first-order valence-corrected chi connectivity index (χ1v) is 9.16. The van der Waals surface area contributed by atoms with Crippen molar-refractivity contribution in [3.8, 4) is 0 Å². The van der Waals surface area contributed by atoms with E-state index >= 15 is 0 Å². The van der Waals surface area contributed by atoms with Crippen LogP contribution in [0.15, 0.2) is 42.5 Å². The highest BCUT2D eigenvalue weighted by Gasteiger charge is 2.35. The van der Waals surface area contributed by atoms with Crippen LogP contribution in [0.1, 0.15) is 37.7 Å². The quantitative estimate of drug-likeness (QED) is 0.488.